The number of thiophene rings is 1. The predicted molar refractivity (Wildman–Crippen MR) is 69.9 cm³/mol. The molecular formula is C12H17BrO2S. The average Bonchev–Trinajstić information content (AvgIpc) is 2.64. The van der Waals surface area contributed by atoms with Crippen molar-refractivity contribution in [1.82, 2.24) is 0 Å². The third-order valence-electron chi connectivity index (χ3n) is 3.29. The van der Waals surface area contributed by atoms with Crippen molar-refractivity contribution in [3.05, 3.63) is 20.8 Å². The molecule has 90 valence electrons. The molecule has 2 nitrogen and oxygen atoms in total. The van der Waals surface area contributed by atoms with E-state index in [2.05, 4.69) is 21.3 Å². The van der Waals surface area contributed by atoms with E-state index in [9.17, 15) is 5.11 Å². The van der Waals surface area contributed by atoms with E-state index in [1.165, 1.54) is 4.88 Å². The van der Waals surface area contributed by atoms with Gasteiger partial charge in [-0.25, -0.2) is 0 Å². The van der Waals surface area contributed by atoms with Crippen molar-refractivity contribution in [1.29, 1.82) is 0 Å². The summed E-state index contributed by atoms with van der Waals surface area (Å²) in [4.78, 5) is 1.24. The Labute approximate surface area is 109 Å². The molecule has 0 aliphatic heterocycles. The van der Waals surface area contributed by atoms with Gasteiger partial charge in [0.2, 0.25) is 0 Å². The molecule has 1 aliphatic carbocycles. The molecule has 0 bridgehead atoms. The summed E-state index contributed by atoms with van der Waals surface area (Å²) in [5.74, 6) is 0. The van der Waals surface area contributed by atoms with Crippen LogP contribution in [0.4, 0.5) is 0 Å². The Balaban J connectivity index is 2.05. The van der Waals surface area contributed by atoms with E-state index in [0.717, 1.165) is 36.6 Å². The van der Waals surface area contributed by atoms with Crippen molar-refractivity contribution in [3.8, 4) is 0 Å². The maximum absolute atomic E-state index is 10.6. The van der Waals surface area contributed by atoms with Crippen molar-refractivity contribution < 1.29 is 9.84 Å². The summed E-state index contributed by atoms with van der Waals surface area (Å²) in [5, 5.41) is 12.6. The van der Waals surface area contributed by atoms with Gasteiger partial charge in [0.05, 0.1) is 11.7 Å². The van der Waals surface area contributed by atoms with E-state index in [0.29, 0.717) is 0 Å². The minimum Gasteiger partial charge on any atom is -0.389 e. The Morgan fingerprint density at radius 2 is 2.50 bits per heavy atom. The van der Waals surface area contributed by atoms with Crippen molar-refractivity contribution >= 4 is 27.3 Å². The monoisotopic (exact) mass is 304 g/mol. The third kappa shape index (κ3) is 2.86. The molecule has 4 heteroatoms. The fourth-order valence-corrected chi connectivity index (χ4v) is 4.03. The fourth-order valence-electron chi connectivity index (χ4n) is 2.40. The van der Waals surface area contributed by atoms with Gasteiger partial charge in [-0.15, -0.1) is 11.3 Å². The van der Waals surface area contributed by atoms with Crippen LogP contribution in [0, 0.1) is 0 Å². The van der Waals surface area contributed by atoms with Crippen molar-refractivity contribution in [3.63, 3.8) is 0 Å². The lowest BCUT2D eigenvalue weighted by Gasteiger charge is -2.36. The summed E-state index contributed by atoms with van der Waals surface area (Å²) in [6, 6.07) is 2.04. The molecule has 0 radical (unpaired) electrons. The molecule has 1 saturated carbocycles. The first-order valence-electron chi connectivity index (χ1n) is 5.60. The minimum atomic E-state index is -0.577. The molecule has 0 amide bonds. The Morgan fingerprint density at radius 3 is 3.12 bits per heavy atom. The van der Waals surface area contributed by atoms with E-state index in [1.54, 1.807) is 18.4 Å². The molecule has 1 heterocycles. The van der Waals surface area contributed by atoms with Gasteiger partial charge < -0.3 is 9.84 Å². The van der Waals surface area contributed by atoms with Crippen LogP contribution >= 0.6 is 27.3 Å². The SMILES string of the molecule is COC1CCCC(O)(Cc2sccc2Br)C1. The molecule has 2 unspecified atom stereocenters. The summed E-state index contributed by atoms with van der Waals surface area (Å²) in [6.07, 6.45) is 4.73. The predicted octanol–water partition coefficient (Wildman–Crippen LogP) is 3.37. The Hall–Kier alpha value is 0.100. The van der Waals surface area contributed by atoms with Crippen molar-refractivity contribution in [2.45, 2.75) is 43.8 Å². The normalized spacial score (nSPS) is 30.6. The van der Waals surface area contributed by atoms with Crippen LogP contribution in [0.2, 0.25) is 0 Å². The van der Waals surface area contributed by atoms with E-state index in [1.807, 2.05) is 6.07 Å². The molecule has 1 aromatic heterocycles. The smallest absolute Gasteiger partial charge is 0.0720 e. The zero-order valence-electron chi connectivity index (χ0n) is 9.41. The lowest BCUT2D eigenvalue weighted by Crippen LogP contribution is -2.39. The summed E-state index contributed by atoms with van der Waals surface area (Å²) in [7, 11) is 1.73. The second kappa shape index (κ2) is 5.17. The molecule has 2 atom stereocenters. The number of ether oxygens (including phenoxy) is 1. The van der Waals surface area contributed by atoms with Gasteiger partial charge in [0, 0.05) is 29.3 Å². The molecule has 0 spiro atoms. The lowest BCUT2D eigenvalue weighted by molar-refractivity contribution is -0.0577. The standard InChI is InChI=1S/C12H17BrO2S/c1-15-9-3-2-5-12(14,7-9)8-11-10(13)4-6-16-11/h4,6,9,14H,2-3,5,7-8H2,1H3. The number of methoxy groups -OCH3 is 1. The van der Waals surface area contributed by atoms with Gasteiger partial charge in [0.25, 0.3) is 0 Å². The molecule has 0 saturated heterocycles. The largest absolute Gasteiger partial charge is 0.389 e. The highest BCUT2D eigenvalue weighted by Crippen LogP contribution is 2.35. The van der Waals surface area contributed by atoms with Crippen LogP contribution in [0.1, 0.15) is 30.6 Å². The zero-order chi connectivity index (χ0) is 11.6. The highest BCUT2D eigenvalue weighted by molar-refractivity contribution is 9.10. The van der Waals surface area contributed by atoms with Crippen molar-refractivity contribution in [2.75, 3.05) is 7.11 Å². The molecule has 1 fully saturated rings. The van der Waals surface area contributed by atoms with E-state index in [4.69, 9.17) is 4.74 Å². The second-order valence-electron chi connectivity index (χ2n) is 4.55. The fraction of sp³-hybridized carbons (Fsp3) is 0.667. The molecule has 1 N–H and O–H groups in total. The summed E-state index contributed by atoms with van der Waals surface area (Å²) in [6.45, 7) is 0. The van der Waals surface area contributed by atoms with Crippen LogP contribution in [0.3, 0.4) is 0 Å². The van der Waals surface area contributed by atoms with Gasteiger partial charge in [-0.05, 0) is 46.6 Å². The number of rotatable bonds is 3. The summed E-state index contributed by atoms with van der Waals surface area (Å²) >= 11 is 5.22. The van der Waals surface area contributed by atoms with Crippen LogP contribution in [0.15, 0.2) is 15.9 Å². The summed E-state index contributed by atoms with van der Waals surface area (Å²) < 4.78 is 6.48. The number of aliphatic hydroxyl groups is 1. The molecule has 1 aromatic rings. The van der Waals surface area contributed by atoms with Gasteiger partial charge in [0.1, 0.15) is 0 Å². The van der Waals surface area contributed by atoms with E-state index < -0.39 is 5.60 Å². The van der Waals surface area contributed by atoms with Crippen LogP contribution in [-0.2, 0) is 11.2 Å². The van der Waals surface area contributed by atoms with Crippen molar-refractivity contribution in [2.24, 2.45) is 0 Å². The number of hydrogen-bond donors (Lipinski definition) is 1. The van der Waals surface area contributed by atoms with Gasteiger partial charge in [-0.2, -0.15) is 0 Å². The van der Waals surface area contributed by atoms with E-state index in [-0.39, 0.29) is 6.10 Å². The highest BCUT2D eigenvalue weighted by Gasteiger charge is 2.35. The molecule has 2 rings (SSSR count). The number of hydrogen-bond acceptors (Lipinski definition) is 3. The molecule has 1 aliphatic rings. The zero-order valence-corrected chi connectivity index (χ0v) is 11.8. The van der Waals surface area contributed by atoms with Crippen LogP contribution < -0.4 is 0 Å². The first-order chi connectivity index (χ1) is 7.63. The maximum atomic E-state index is 10.6. The lowest BCUT2D eigenvalue weighted by atomic mass is 9.80. The first-order valence-corrected chi connectivity index (χ1v) is 7.27. The maximum Gasteiger partial charge on any atom is 0.0720 e. The second-order valence-corrected chi connectivity index (χ2v) is 6.40. The summed E-state index contributed by atoms with van der Waals surface area (Å²) in [5.41, 5.74) is -0.577. The van der Waals surface area contributed by atoms with Gasteiger partial charge in [-0.3, -0.25) is 0 Å². The van der Waals surface area contributed by atoms with Gasteiger partial charge in [-0.1, -0.05) is 0 Å². The quantitative estimate of drug-likeness (QED) is 0.928. The van der Waals surface area contributed by atoms with Gasteiger partial charge >= 0.3 is 0 Å². The average molecular weight is 305 g/mol. The Kier molecular flexibility index (Phi) is 4.06. The molecule has 0 aromatic carbocycles. The number of halogens is 1. The Morgan fingerprint density at radius 1 is 1.69 bits per heavy atom. The van der Waals surface area contributed by atoms with E-state index >= 15 is 0 Å². The Bertz CT molecular complexity index is 353. The highest BCUT2D eigenvalue weighted by atomic mass is 79.9. The topological polar surface area (TPSA) is 29.5 Å². The first kappa shape index (κ1) is 12.6. The van der Waals surface area contributed by atoms with Crippen LogP contribution in [-0.4, -0.2) is 23.9 Å². The van der Waals surface area contributed by atoms with Crippen LogP contribution in [0.5, 0.6) is 0 Å². The molecule has 16 heavy (non-hydrogen) atoms. The third-order valence-corrected chi connectivity index (χ3v) is 5.22. The van der Waals surface area contributed by atoms with Crippen LogP contribution in [0.25, 0.3) is 0 Å². The minimum absolute atomic E-state index is 0.220. The molecular weight excluding hydrogens is 288 g/mol. The van der Waals surface area contributed by atoms with Gasteiger partial charge in [0.15, 0.2) is 0 Å².